The molecule has 0 aliphatic heterocycles. The van der Waals surface area contributed by atoms with Crippen LogP contribution in [-0.2, 0) is 6.42 Å². The Balaban J connectivity index is 2.16. The van der Waals surface area contributed by atoms with Crippen LogP contribution in [0.2, 0.25) is 0 Å². The highest BCUT2D eigenvalue weighted by Gasteiger charge is 2.16. The van der Waals surface area contributed by atoms with Crippen molar-refractivity contribution < 1.29 is 9.66 Å². The molecule has 23 heavy (non-hydrogen) atoms. The second kappa shape index (κ2) is 7.74. The molecular weight excluding hydrogens is 292 g/mol. The average molecular weight is 314 g/mol. The first-order valence-electron chi connectivity index (χ1n) is 7.62. The zero-order valence-electron chi connectivity index (χ0n) is 13.8. The van der Waals surface area contributed by atoms with Crippen molar-refractivity contribution in [2.24, 2.45) is 0 Å². The summed E-state index contributed by atoms with van der Waals surface area (Å²) >= 11 is 0. The van der Waals surface area contributed by atoms with Crippen LogP contribution >= 0.6 is 0 Å². The number of aryl methyl sites for hydroxylation is 2. The number of hydrogen-bond acceptors (Lipinski definition) is 4. The molecule has 0 unspecified atom stereocenters. The Morgan fingerprint density at radius 1 is 1.13 bits per heavy atom. The van der Waals surface area contributed by atoms with Crippen LogP contribution in [-0.4, -0.2) is 30.5 Å². The SMILES string of the molecule is Cc1ccc(Oc2ccc(CCCN(C)C)cc2[N+](=O)[O-])cc1. The van der Waals surface area contributed by atoms with Crippen LogP contribution < -0.4 is 4.74 Å². The zero-order chi connectivity index (χ0) is 16.8. The van der Waals surface area contributed by atoms with Gasteiger partial charge in [0.05, 0.1) is 4.92 Å². The highest BCUT2D eigenvalue weighted by atomic mass is 16.6. The Morgan fingerprint density at radius 2 is 1.83 bits per heavy atom. The summed E-state index contributed by atoms with van der Waals surface area (Å²) in [7, 11) is 4.03. The van der Waals surface area contributed by atoms with Crippen LogP contribution in [0.15, 0.2) is 42.5 Å². The Labute approximate surface area is 136 Å². The largest absolute Gasteiger partial charge is 0.450 e. The molecule has 122 valence electrons. The number of benzene rings is 2. The summed E-state index contributed by atoms with van der Waals surface area (Å²) in [6.07, 6.45) is 1.77. The molecule has 0 spiro atoms. The first kappa shape index (κ1) is 17.0. The van der Waals surface area contributed by atoms with Gasteiger partial charge in [0.1, 0.15) is 5.75 Å². The molecule has 5 nitrogen and oxygen atoms in total. The quantitative estimate of drug-likeness (QED) is 0.568. The second-order valence-corrected chi connectivity index (χ2v) is 5.88. The van der Waals surface area contributed by atoms with Gasteiger partial charge in [0.15, 0.2) is 0 Å². The van der Waals surface area contributed by atoms with Gasteiger partial charge in [-0.2, -0.15) is 0 Å². The fourth-order valence-corrected chi connectivity index (χ4v) is 2.28. The van der Waals surface area contributed by atoms with E-state index >= 15 is 0 Å². The zero-order valence-corrected chi connectivity index (χ0v) is 13.8. The summed E-state index contributed by atoms with van der Waals surface area (Å²) in [5, 5.41) is 11.3. The third-order valence-corrected chi connectivity index (χ3v) is 3.54. The Morgan fingerprint density at radius 3 is 2.43 bits per heavy atom. The van der Waals surface area contributed by atoms with E-state index in [9.17, 15) is 10.1 Å². The van der Waals surface area contributed by atoms with E-state index in [1.807, 2.05) is 51.4 Å². The maximum absolute atomic E-state index is 11.3. The van der Waals surface area contributed by atoms with Crippen molar-refractivity contribution in [2.45, 2.75) is 19.8 Å². The van der Waals surface area contributed by atoms with Crippen molar-refractivity contribution in [1.29, 1.82) is 0 Å². The number of nitrogens with zero attached hydrogens (tertiary/aromatic N) is 2. The van der Waals surface area contributed by atoms with Crippen LogP contribution in [0.3, 0.4) is 0 Å². The van der Waals surface area contributed by atoms with Crippen LogP contribution in [0.5, 0.6) is 11.5 Å². The Kier molecular flexibility index (Phi) is 5.71. The summed E-state index contributed by atoms with van der Waals surface area (Å²) in [6, 6.07) is 12.6. The molecule has 0 aliphatic rings. The van der Waals surface area contributed by atoms with Crippen LogP contribution in [0.4, 0.5) is 5.69 Å². The van der Waals surface area contributed by atoms with E-state index in [-0.39, 0.29) is 16.4 Å². The van der Waals surface area contributed by atoms with Crippen molar-refractivity contribution in [3.05, 3.63) is 63.7 Å². The van der Waals surface area contributed by atoms with Crippen molar-refractivity contribution in [2.75, 3.05) is 20.6 Å². The highest BCUT2D eigenvalue weighted by Crippen LogP contribution is 2.32. The molecule has 0 aromatic heterocycles. The topological polar surface area (TPSA) is 55.6 Å². The van der Waals surface area contributed by atoms with Gasteiger partial charge in [0.2, 0.25) is 5.75 Å². The molecule has 0 aliphatic carbocycles. The van der Waals surface area contributed by atoms with Gasteiger partial charge in [-0.05, 0) is 64.2 Å². The highest BCUT2D eigenvalue weighted by molar-refractivity contribution is 5.50. The van der Waals surface area contributed by atoms with Gasteiger partial charge in [-0.25, -0.2) is 0 Å². The molecule has 0 bridgehead atoms. The molecule has 0 atom stereocenters. The molecule has 2 aromatic rings. The minimum Gasteiger partial charge on any atom is -0.450 e. The average Bonchev–Trinajstić information content (AvgIpc) is 2.50. The molecule has 0 N–H and O–H groups in total. The summed E-state index contributed by atoms with van der Waals surface area (Å²) in [5.74, 6) is 0.870. The fourth-order valence-electron chi connectivity index (χ4n) is 2.28. The summed E-state index contributed by atoms with van der Waals surface area (Å²) in [6.45, 7) is 2.93. The monoisotopic (exact) mass is 314 g/mol. The van der Waals surface area contributed by atoms with E-state index < -0.39 is 0 Å². The van der Waals surface area contributed by atoms with Crippen LogP contribution in [0, 0.1) is 17.0 Å². The van der Waals surface area contributed by atoms with Crippen molar-refractivity contribution in [3.8, 4) is 11.5 Å². The molecule has 2 aromatic carbocycles. The normalized spacial score (nSPS) is 10.8. The van der Waals surface area contributed by atoms with E-state index in [0.717, 1.165) is 30.5 Å². The molecule has 0 amide bonds. The van der Waals surface area contributed by atoms with Gasteiger partial charge in [-0.1, -0.05) is 23.8 Å². The van der Waals surface area contributed by atoms with Crippen molar-refractivity contribution in [1.82, 2.24) is 4.90 Å². The smallest absolute Gasteiger partial charge is 0.311 e. The van der Waals surface area contributed by atoms with Gasteiger partial charge >= 0.3 is 5.69 Å². The Hall–Kier alpha value is -2.40. The van der Waals surface area contributed by atoms with Gasteiger partial charge in [-0.3, -0.25) is 10.1 Å². The standard InChI is InChI=1S/C18H22N2O3/c1-14-6-9-16(10-7-14)23-18-11-8-15(5-4-12-19(2)3)13-17(18)20(21)22/h6-11,13H,4-5,12H2,1-3H3. The van der Waals surface area contributed by atoms with E-state index in [1.165, 1.54) is 0 Å². The lowest BCUT2D eigenvalue weighted by molar-refractivity contribution is -0.385. The van der Waals surface area contributed by atoms with Crippen LogP contribution in [0.1, 0.15) is 17.5 Å². The number of hydrogen-bond donors (Lipinski definition) is 0. The second-order valence-electron chi connectivity index (χ2n) is 5.88. The predicted octanol–water partition coefficient (Wildman–Crippen LogP) is 4.19. The molecule has 0 saturated heterocycles. The molecule has 5 heteroatoms. The first-order chi connectivity index (χ1) is 11.0. The lowest BCUT2D eigenvalue weighted by Gasteiger charge is -2.10. The maximum atomic E-state index is 11.3. The van der Waals surface area contributed by atoms with E-state index in [0.29, 0.717) is 5.75 Å². The van der Waals surface area contributed by atoms with Gasteiger partial charge in [-0.15, -0.1) is 0 Å². The molecule has 0 fully saturated rings. The molecule has 2 rings (SSSR count). The number of nitro benzene ring substituents is 1. The summed E-state index contributed by atoms with van der Waals surface area (Å²) in [5.41, 5.74) is 2.07. The van der Waals surface area contributed by atoms with Gasteiger partial charge in [0, 0.05) is 6.07 Å². The third kappa shape index (κ3) is 5.07. The minimum atomic E-state index is -0.390. The Bertz CT molecular complexity index is 666. The summed E-state index contributed by atoms with van der Waals surface area (Å²) < 4.78 is 5.67. The lowest BCUT2D eigenvalue weighted by atomic mass is 10.1. The lowest BCUT2D eigenvalue weighted by Crippen LogP contribution is -2.13. The van der Waals surface area contributed by atoms with Gasteiger partial charge in [0.25, 0.3) is 0 Å². The number of nitro groups is 1. The van der Waals surface area contributed by atoms with Crippen LogP contribution in [0.25, 0.3) is 0 Å². The maximum Gasteiger partial charge on any atom is 0.311 e. The predicted molar refractivity (Wildman–Crippen MR) is 91.2 cm³/mol. The van der Waals surface area contributed by atoms with E-state index in [1.54, 1.807) is 12.1 Å². The van der Waals surface area contributed by atoms with E-state index in [4.69, 9.17) is 4.74 Å². The van der Waals surface area contributed by atoms with Crippen molar-refractivity contribution >= 4 is 5.69 Å². The number of ether oxygens (including phenoxy) is 1. The molecular formula is C18H22N2O3. The molecule has 0 saturated carbocycles. The minimum absolute atomic E-state index is 0.00734. The summed E-state index contributed by atoms with van der Waals surface area (Å²) in [4.78, 5) is 13.0. The number of rotatable bonds is 7. The third-order valence-electron chi connectivity index (χ3n) is 3.54. The van der Waals surface area contributed by atoms with Crippen molar-refractivity contribution in [3.63, 3.8) is 0 Å². The van der Waals surface area contributed by atoms with E-state index in [2.05, 4.69) is 4.90 Å². The molecule has 0 radical (unpaired) electrons. The fraction of sp³-hybridized carbons (Fsp3) is 0.333. The molecule has 0 heterocycles. The first-order valence-corrected chi connectivity index (χ1v) is 7.62. The van der Waals surface area contributed by atoms with Gasteiger partial charge < -0.3 is 9.64 Å².